The van der Waals surface area contributed by atoms with Gasteiger partial charge in [0, 0.05) is 49.0 Å². The monoisotopic (exact) mass is 502 g/mol. The quantitative estimate of drug-likeness (QED) is 0.369. The Kier molecular flexibility index (Phi) is 9.96. The van der Waals surface area contributed by atoms with Gasteiger partial charge in [-0.1, -0.05) is 59.6 Å². The fourth-order valence-corrected chi connectivity index (χ4v) is 4.93. The lowest BCUT2D eigenvalue weighted by Gasteiger charge is -2.26. The van der Waals surface area contributed by atoms with E-state index in [1.807, 2.05) is 32.3 Å². The minimum Gasteiger partial charge on any atom is -0.370 e. The highest BCUT2D eigenvalue weighted by Gasteiger charge is 2.23. The molecule has 0 bridgehead atoms. The summed E-state index contributed by atoms with van der Waals surface area (Å²) in [7, 11) is 0. The molecule has 4 heterocycles. The maximum atomic E-state index is 13.2. The van der Waals surface area contributed by atoms with Gasteiger partial charge in [0.1, 0.15) is 5.65 Å². The standard InChI is InChI=1S/C30H40N4O.C2H6/c1-7-9-10-25-13-14-32(18-25)27-11-12-29-31-28(16-30(35)34(29)20-27)26-15-22(4)24(6)33(19-26)17-23(5)21(3)8-2;1-2/h11-12,15-17,19-21,25H,6-10,13-14,18H2,1-5H3;1-2H3/b23-17-;/t21?,25-;/m0./s1. The van der Waals surface area contributed by atoms with Crippen molar-refractivity contribution in [3.63, 3.8) is 0 Å². The molecule has 200 valence electrons. The van der Waals surface area contributed by atoms with Crippen LogP contribution < -0.4 is 10.5 Å². The molecule has 0 aliphatic carbocycles. The van der Waals surface area contributed by atoms with Crippen molar-refractivity contribution in [2.24, 2.45) is 11.8 Å². The molecule has 5 heteroatoms. The molecule has 0 radical (unpaired) electrons. The third kappa shape index (κ3) is 6.63. The molecular weight excluding hydrogens is 456 g/mol. The van der Waals surface area contributed by atoms with Gasteiger partial charge in [-0.15, -0.1) is 0 Å². The number of aromatic nitrogens is 2. The first-order chi connectivity index (χ1) is 17.8. The molecule has 2 aliphatic rings. The Bertz CT molecular complexity index is 1250. The van der Waals surface area contributed by atoms with Crippen molar-refractivity contribution >= 4 is 16.9 Å². The van der Waals surface area contributed by atoms with E-state index in [2.05, 4.69) is 69.3 Å². The van der Waals surface area contributed by atoms with Crippen molar-refractivity contribution < 1.29 is 0 Å². The third-order valence-corrected chi connectivity index (χ3v) is 7.71. The fourth-order valence-electron chi connectivity index (χ4n) is 4.93. The van der Waals surface area contributed by atoms with Gasteiger partial charge in [-0.2, -0.15) is 0 Å². The minimum atomic E-state index is -0.0530. The smallest absolute Gasteiger partial charge is 0.258 e. The van der Waals surface area contributed by atoms with Crippen molar-refractivity contribution in [3.05, 3.63) is 82.3 Å². The van der Waals surface area contributed by atoms with Gasteiger partial charge in [-0.05, 0) is 68.7 Å². The lowest BCUT2D eigenvalue weighted by molar-refractivity contribution is 0.510. The van der Waals surface area contributed by atoms with Gasteiger partial charge < -0.3 is 9.80 Å². The zero-order valence-corrected chi connectivity index (χ0v) is 24.1. The van der Waals surface area contributed by atoms with Crippen LogP contribution in [-0.2, 0) is 0 Å². The maximum absolute atomic E-state index is 13.2. The van der Waals surface area contributed by atoms with Crippen molar-refractivity contribution in [1.29, 1.82) is 0 Å². The third-order valence-electron chi connectivity index (χ3n) is 7.71. The van der Waals surface area contributed by atoms with E-state index in [1.54, 1.807) is 10.5 Å². The number of hydrogen-bond acceptors (Lipinski definition) is 4. The van der Waals surface area contributed by atoms with Crippen LogP contribution in [0.3, 0.4) is 0 Å². The second-order valence-corrected chi connectivity index (χ2v) is 10.3. The van der Waals surface area contributed by atoms with Gasteiger partial charge in [0.2, 0.25) is 0 Å². The van der Waals surface area contributed by atoms with Crippen molar-refractivity contribution in [2.45, 2.75) is 80.6 Å². The number of unbranched alkanes of at least 4 members (excludes halogenated alkanes) is 1. The molecule has 2 aliphatic heterocycles. The van der Waals surface area contributed by atoms with Crippen LogP contribution >= 0.6 is 0 Å². The van der Waals surface area contributed by atoms with Gasteiger partial charge in [-0.3, -0.25) is 9.20 Å². The molecular formula is C32H46N4O. The Morgan fingerprint density at radius 1 is 1.27 bits per heavy atom. The van der Waals surface area contributed by atoms with Crippen molar-refractivity contribution in [3.8, 4) is 0 Å². The minimum absolute atomic E-state index is 0.0530. The molecule has 0 N–H and O–H groups in total. The number of rotatable bonds is 8. The largest absolute Gasteiger partial charge is 0.370 e. The average Bonchev–Trinajstić information content (AvgIpc) is 3.39. The lowest BCUT2D eigenvalue weighted by atomic mass is 9.99. The highest BCUT2D eigenvalue weighted by molar-refractivity contribution is 5.76. The van der Waals surface area contributed by atoms with E-state index in [0.717, 1.165) is 48.0 Å². The Morgan fingerprint density at radius 3 is 2.73 bits per heavy atom. The highest BCUT2D eigenvalue weighted by atomic mass is 16.1. The summed E-state index contributed by atoms with van der Waals surface area (Å²) in [6.45, 7) is 21.3. The van der Waals surface area contributed by atoms with Gasteiger partial charge in [-0.25, -0.2) is 4.98 Å². The number of anilines is 1. The van der Waals surface area contributed by atoms with Crippen LogP contribution in [0.2, 0.25) is 0 Å². The summed E-state index contributed by atoms with van der Waals surface area (Å²) in [5.41, 5.74) is 6.65. The molecule has 0 saturated carbocycles. The first-order valence-electron chi connectivity index (χ1n) is 14.2. The van der Waals surface area contributed by atoms with Crippen LogP contribution in [0, 0.1) is 11.8 Å². The predicted molar refractivity (Wildman–Crippen MR) is 159 cm³/mol. The summed E-state index contributed by atoms with van der Waals surface area (Å²) in [4.78, 5) is 22.5. The van der Waals surface area contributed by atoms with Gasteiger partial charge in [0.05, 0.1) is 11.4 Å². The van der Waals surface area contributed by atoms with Crippen LogP contribution in [0.25, 0.3) is 11.2 Å². The van der Waals surface area contributed by atoms with Crippen molar-refractivity contribution in [2.75, 3.05) is 18.0 Å². The second kappa shape index (κ2) is 12.9. The molecule has 37 heavy (non-hydrogen) atoms. The van der Waals surface area contributed by atoms with E-state index < -0.39 is 0 Å². The summed E-state index contributed by atoms with van der Waals surface area (Å²) in [5, 5.41) is 0. The van der Waals surface area contributed by atoms with E-state index in [9.17, 15) is 4.79 Å². The Balaban J connectivity index is 0.00000186. The SMILES string of the molecule is C=C1C(C)=CC(c2cc(=O)n3cc(N4CC[C@H](CCCC)C4)ccc3n2)=CN1/C=C(/C)C(C)CC.CC. The average molecular weight is 503 g/mol. The number of nitrogens with zero attached hydrogens (tertiary/aromatic N) is 4. The van der Waals surface area contributed by atoms with Gasteiger partial charge >= 0.3 is 0 Å². The molecule has 5 nitrogen and oxygen atoms in total. The van der Waals surface area contributed by atoms with Crippen molar-refractivity contribution in [1.82, 2.24) is 14.3 Å². The summed E-state index contributed by atoms with van der Waals surface area (Å²) < 4.78 is 1.68. The summed E-state index contributed by atoms with van der Waals surface area (Å²) >= 11 is 0. The van der Waals surface area contributed by atoms with Crippen LogP contribution in [0.15, 0.2) is 71.1 Å². The normalized spacial score (nSPS) is 18.9. The maximum Gasteiger partial charge on any atom is 0.258 e. The second-order valence-electron chi connectivity index (χ2n) is 10.3. The molecule has 1 saturated heterocycles. The Hall–Kier alpha value is -3.08. The van der Waals surface area contributed by atoms with Gasteiger partial charge in [0.25, 0.3) is 5.56 Å². The first-order valence-corrected chi connectivity index (χ1v) is 14.2. The Labute approximate surface area is 223 Å². The molecule has 2 aromatic heterocycles. The molecule has 2 atom stereocenters. The summed E-state index contributed by atoms with van der Waals surface area (Å²) in [5.74, 6) is 1.26. The molecule has 0 aromatic carbocycles. The zero-order valence-electron chi connectivity index (χ0n) is 24.1. The molecule has 2 aromatic rings. The fraction of sp³-hybridized carbons (Fsp3) is 0.500. The van der Waals surface area contributed by atoms with Gasteiger partial charge in [0.15, 0.2) is 0 Å². The van der Waals surface area contributed by atoms with E-state index in [4.69, 9.17) is 4.98 Å². The van der Waals surface area contributed by atoms with Crippen LogP contribution in [0.1, 0.15) is 86.3 Å². The van der Waals surface area contributed by atoms with Crippen LogP contribution in [0.5, 0.6) is 0 Å². The molecule has 1 unspecified atom stereocenters. The first kappa shape index (κ1) is 28.5. The number of hydrogen-bond donors (Lipinski definition) is 0. The molecule has 0 amide bonds. The summed E-state index contributed by atoms with van der Waals surface area (Å²) in [6.07, 6.45) is 14.4. The topological polar surface area (TPSA) is 40.9 Å². The predicted octanol–water partition coefficient (Wildman–Crippen LogP) is 7.80. The number of pyridine rings is 1. The molecule has 1 fully saturated rings. The van der Waals surface area contributed by atoms with Crippen LogP contribution in [-0.4, -0.2) is 27.4 Å². The highest BCUT2D eigenvalue weighted by Crippen LogP contribution is 2.30. The molecule has 0 spiro atoms. The van der Waals surface area contributed by atoms with E-state index in [-0.39, 0.29) is 5.56 Å². The van der Waals surface area contributed by atoms with E-state index >= 15 is 0 Å². The van der Waals surface area contributed by atoms with E-state index in [0.29, 0.717) is 17.3 Å². The van der Waals surface area contributed by atoms with Crippen LogP contribution in [0.4, 0.5) is 5.69 Å². The van der Waals surface area contributed by atoms with E-state index in [1.165, 1.54) is 31.3 Å². The number of allylic oxidation sites excluding steroid dienone is 4. The molecule has 4 rings (SSSR count). The lowest BCUT2D eigenvalue weighted by Crippen LogP contribution is -2.22. The summed E-state index contributed by atoms with van der Waals surface area (Å²) in [6, 6.07) is 5.73. The zero-order chi connectivity index (χ0) is 27.1. The Morgan fingerprint density at radius 2 is 2.03 bits per heavy atom. The number of fused-ring (bicyclic) bond motifs is 1.